The van der Waals surface area contributed by atoms with E-state index in [4.69, 9.17) is 18.6 Å². The fourth-order valence-corrected chi connectivity index (χ4v) is 4.43. The van der Waals surface area contributed by atoms with Crippen LogP contribution in [0.15, 0.2) is 84.2 Å². The Hall–Kier alpha value is -2.58. The molecule has 3 aromatic carbocycles. The lowest BCUT2D eigenvalue weighted by atomic mass is 10.1. The maximum Gasteiger partial charge on any atom is 0.276 e. The fraction of sp³-hybridized carbons (Fsp3) is 0. The molecule has 140 valence electrons. The molecule has 0 fully saturated rings. The smallest absolute Gasteiger partial charge is 0.222 e. The zero-order chi connectivity index (χ0) is 19.7. The predicted octanol–water partition coefficient (Wildman–Crippen LogP) is 0.704. The molecule has 0 saturated carbocycles. The Morgan fingerprint density at radius 1 is 0.643 bits per heavy atom. The van der Waals surface area contributed by atoms with Crippen molar-refractivity contribution in [2.75, 3.05) is 0 Å². The van der Waals surface area contributed by atoms with E-state index in [-0.39, 0.29) is 0 Å². The average Bonchev–Trinajstić information content (AvgIpc) is 3.13. The van der Waals surface area contributed by atoms with E-state index in [0.29, 0.717) is 0 Å². The van der Waals surface area contributed by atoms with Crippen LogP contribution in [-0.2, 0) is 0 Å². The lowest BCUT2D eigenvalue weighted by Crippen LogP contribution is -2.68. The number of hydrogen-bond donors (Lipinski definition) is 0. The van der Waals surface area contributed by atoms with E-state index in [0.717, 1.165) is 0 Å². The van der Waals surface area contributed by atoms with Crippen molar-refractivity contribution in [3.63, 3.8) is 0 Å². The van der Waals surface area contributed by atoms with Crippen molar-refractivity contribution in [1.82, 2.24) is 0 Å². The number of benzene rings is 3. The van der Waals surface area contributed by atoms with Crippen LogP contribution in [-0.4, -0.2) is 0 Å². The molecule has 7 heteroatoms. The highest BCUT2D eigenvalue weighted by molar-refractivity contribution is 7.16. The molecule has 0 spiro atoms. The standard InChI is InChI=1S/C21H14NS.ClHO4/c1-2-8-15(9-3-1)20-14-23-21-18-12-5-4-10-16(18)17-11-6-7-13-19(17)22(20)21;2-1(3,4)5/h1-14H;(H,2,3,4,5)/q+1;/p-1. The first-order valence-electron chi connectivity index (χ1n) is 8.33. The summed E-state index contributed by atoms with van der Waals surface area (Å²) in [7, 11) is -4.94. The molecule has 2 aromatic heterocycles. The van der Waals surface area contributed by atoms with E-state index in [1.807, 2.05) is 11.3 Å². The molecule has 28 heavy (non-hydrogen) atoms. The van der Waals surface area contributed by atoms with Crippen LogP contribution in [0.2, 0.25) is 0 Å². The van der Waals surface area contributed by atoms with Gasteiger partial charge in [0, 0.05) is 17.0 Å². The molecule has 0 atom stereocenters. The summed E-state index contributed by atoms with van der Waals surface area (Å²) in [5.41, 5.74) is 3.78. The molecular weight excluding hydrogens is 398 g/mol. The summed E-state index contributed by atoms with van der Waals surface area (Å²) in [6.07, 6.45) is 0. The molecule has 0 aliphatic heterocycles. The van der Waals surface area contributed by atoms with Gasteiger partial charge in [-0.3, -0.25) is 0 Å². The molecule has 0 aliphatic carbocycles. The van der Waals surface area contributed by atoms with Gasteiger partial charge in [0.15, 0.2) is 0 Å². The normalized spacial score (nSPS) is 11.6. The molecule has 5 aromatic rings. The number of nitrogens with zero attached hydrogens (tertiary/aromatic N) is 1. The van der Waals surface area contributed by atoms with Gasteiger partial charge in [0.25, 0.3) is 4.83 Å². The number of thiazole rings is 1. The molecule has 0 saturated heterocycles. The summed E-state index contributed by atoms with van der Waals surface area (Å²) in [5, 5.41) is 6.21. The fourth-order valence-electron chi connectivity index (χ4n) is 3.36. The summed E-state index contributed by atoms with van der Waals surface area (Å²) in [6.45, 7) is 0. The number of pyridine rings is 1. The molecule has 2 heterocycles. The first kappa shape index (κ1) is 18.8. The summed E-state index contributed by atoms with van der Waals surface area (Å²) in [6, 6.07) is 28.0. The highest BCUT2D eigenvalue weighted by atomic mass is 35.7. The Balaban J connectivity index is 0.000000346. The minimum absolute atomic E-state index is 1.25. The van der Waals surface area contributed by atoms with E-state index >= 15 is 0 Å². The van der Waals surface area contributed by atoms with Crippen LogP contribution < -0.4 is 23.0 Å². The summed E-state index contributed by atoms with van der Waals surface area (Å²) in [4.78, 5) is 1.30. The number of para-hydroxylation sites is 1. The molecule has 0 bridgehead atoms. The third-order valence-corrected chi connectivity index (χ3v) is 5.36. The Morgan fingerprint density at radius 3 is 1.86 bits per heavy atom. The average molecular weight is 412 g/mol. The lowest BCUT2D eigenvalue weighted by Gasteiger charge is -2.17. The van der Waals surface area contributed by atoms with Crippen LogP contribution in [0.4, 0.5) is 0 Å². The SMILES string of the molecule is [O-][Cl+3]([O-])([O-])[O-].c1ccc(-c2csc3c4ccccc4c4ccccc4[n+]23)cc1. The highest BCUT2D eigenvalue weighted by Gasteiger charge is 2.22. The van der Waals surface area contributed by atoms with E-state index in [9.17, 15) is 0 Å². The van der Waals surface area contributed by atoms with Crippen LogP contribution in [0.1, 0.15) is 0 Å². The van der Waals surface area contributed by atoms with E-state index in [1.165, 1.54) is 37.8 Å². The molecular formula is C21H14ClNO4S. The Kier molecular flexibility index (Phi) is 4.99. The van der Waals surface area contributed by atoms with Gasteiger partial charge >= 0.3 is 0 Å². The van der Waals surface area contributed by atoms with Crippen molar-refractivity contribution in [2.45, 2.75) is 0 Å². The zero-order valence-electron chi connectivity index (χ0n) is 14.4. The van der Waals surface area contributed by atoms with E-state index < -0.39 is 10.2 Å². The van der Waals surface area contributed by atoms with Crippen molar-refractivity contribution in [2.24, 2.45) is 0 Å². The second-order valence-electron chi connectivity index (χ2n) is 6.07. The minimum atomic E-state index is -4.94. The molecule has 0 unspecified atom stereocenters. The van der Waals surface area contributed by atoms with E-state index in [2.05, 4.69) is 88.6 Å². The molecule has 0 N–H and O–H groups in total. The van der Waals surface area contributed by atoms with Gasteiger partial charge in [-0.25, -0.2) is 18.6 Å². The third-order valence-electron chi connectivity index (χ3n) is 4.39. The molecule has 0 amide bonds. The van der Waals surface area contributed by atoms with Crippen molar-refractivity contribution >= 4 is 37.8 Å². The number of rotatable bonds is 1. The van der Waals surface area contributed by atoms with Gasteiger partial charge in [-0.2, -0.15) is 0 Å². The number of hydrogen-bond acceptors (Lipinski definition) is 5. The second kappa shape index (κ2) is 7.44. The highest BCUT2D eigenvalue weighted by Crippen LogP contribution is 2.31. The van der Waals surface area contributed by atoms with Crippen molar-refractivity contribution in [1.29, 1.82) is 0 Å². The van der Waals surface area contributed by atoms with Crippen LogP contribution in [0.5, 0.6) is 0 Å². The number of halogens is 1. The molecule has 5 nitrogen and oxygen atoms in total. The van der Waals surface area contributed by atoms with Gasteiger partial charge in [-0.15, -0.1) is 14.6 Å². The van der Waals surface area contributed by atoms with Gasteiger partial charge in [0.2, 0.25) is 11.2 Å². The molecule has 5 rings (SSSR count). The van der Waals surface area contributed by atoms with Gasteiger partial charge in [0.05, 0.1) is 16.2 Å². The van der Waals surface area contributed by atoms with Crippen LogP contribution in [0.25, 0.3) is 37.8 Å². The quantitative estimate of drug-likeness (QED) is 0.299. The zero-order valence-corrected chi connectivity index (χ0v) is 16.0. The monoisotopic (exact) mass is 411 g/mol. The summed E-state index contributed by atoms with van der Waals surface area (Å²) >= 11 is 1.82. The van der Waals surface area contributed by atoms with Gasteiger partial charge in [0.1, 0.15) is 0 Å². The maximum atomic E-state index is 8.49. The van der Waals surface area contributed by atoms with Crippen molar-refractivity contribution < 1.29 is 33.3 Å². The topological polar surface area (TPSA) is 96.3 Å². The van der Waals surface area contributed by atoms with Crippen LogP contribution in [0, 0.1) is 10.2 Å². The van der Waals surface area contributed by atoms with Crippen molar-refractivity contribution in [3.05, 3.63) is 84.2 Å². The third kappa shape index (κ3) is 3.70. The number of fused-ring (bicyclic) bond motifs is 6. The van der Waals surface area contributed by atoms with Crippen molar-refractivity contribution in [3.8, 4) is 11.3 Å². The Morgan fingerprint density at radius 2 is 1.18 bits per heavy atom. The Labute approximate surface area is 166 Å². The van der Waals surface area contributed by atoms with E-state index in [1.54, 1.807) is 0 Å². The first-order chi connectivity index (χ1) is 13.4. The summed E-state index contributed by atoms with van der Waals surface area (Å²) < 4.78 is 36.4. The Bertz CT molecular complexity index is 1260. The van der Waals surface area contributed by atoms with Gasteiger partial charge in [-0.05, 0) is 24.3 Å². The summed E-state index contributed by atoms with van der Waals surface area (Å²) in [5.74, 6) is 0. The number of aromatic nitrogens is 1. The van der Waals surface area contributed by atoms with Gasteiger partial charge < -0.3 is 0 Å². The largest absolute Gasteiger partial charge is 0.276 e. The first-order valence-corrected chi connectivity index (χ1v) is 10.4. The minimum Gasteiger partial charge on any atom is -0.222 e. The van der Waals surface area contributed by atoms with Crippen LogP contribution in [0.3, 0.4) is 0 Å². The second-order valence-corrected chi connectivity index (χ2v) is 7.68. The maximum absolute atomic E-state index is 8.49. The predicted molar refractivity (Wildman–Crippen MR) is 97.9 cm³/mol. The van der Waals surface area contributed by atoms with Crippen LogP contribution >= 0.6 is 11.3 Å². The lowest BCUT2D eigenvalue weighted by molar-refractivity contribution is -2.00. The molecule has 0 aliphatic rings. The molecule has 0 radical (unpaired) electrons. The van der Waals surface area contributed by atoms with Gasteiger partial charge in [-0.1, -0.05) is 59.9 Å².